The van der Waals surface area contributed by atoms with E-state index in [4.69, 9.17) is 4.74 Å². The maximum absolute atomic E-state index is 13.4. The van der Waals surface area contributed by atoms with E-state index >= 15 is 0 Å². The first-order chi connectivity index (χ1) is 14.4. The molecule has 2 aromatic carbocycles. The van der Waals surface area contributed by atoms with Gasteiger partial charge >= 0.3 is 0 Å². The van der Waals surface area contributed by atoms with Crippen molar-refractivity contribution in [3.8, 4) is 5.75 Å². The van der Waals surface area contributed by atoms with Crippen LogP contribution in [0.5, 0.6) is 5.75 Å². The predicted octanol–water partition coefficient (Wildman–Crippen LogP) is 3.51. The molecule has 6 nitrogen and oxygen atoms in total. The van der Waals surface area contributed by atoms with Crippen LogP contribution in [-0.2, 0) is 14.8 Å². The van der Waals surface area contributed by atoms with Crippen LogP contribution in [-0.4, -0.2) is 56.8 Å². The van der Waals surface area contributed by atoms with E-state index in [2.05, 4.69) is 6.92 Å². The topological polar surface area (TPSA) is 66.9 Å². The zero-order valence-electron chi connectivity index (χ0n) is 17.7. The van der Waals surface area contributed by atoms with Crippen molar-refractivity contribution in [2.24, 2.45) is 11.8 Å². The van der Waals surface area contributed by atoms with Crippen LogP contribution in [0, 0.1) is 11.8 Å². The predicted molar refractivity (Wildman–Crippen MR) is 117 cm³/mol. The van der Waals surface area contributed by atoms with Gasteiger partial charge in [0.25, 0.3) is 0 Å². The number of piperidine rings is 2. The Morgan fingerprint density at radius 2 is 1.57 bits per heavy atom. The fourth-order valence-electron chi connectivity index (χ4n) is 4.62. The third-order valence-corrected chi connectivity index (χ3v) is 8.54. The van der Waals surface area contributed by atoms with E-state index in [1.807, 2.05) is 29.2 Å². The van der Waals surface area contributed by atoms with Gasteiger partial charge in [-0.2, -0.15) is 4.31 Å². The van der Waals surface area contributed by atoms with Gasteiger partial charge in [-0.1, -0.05) is 31.2 Å². The molecule has 162 valence electrons. The minimum atomic E-state index is -3.64. The van der Waals surface area contributed by atoms with Crippen LogP contribution in [0.3, 0.4) is 0 Å². The number of nitrogens with zero attached hydrogens (tertiary/aromatic N) is 2. The van der Waals surface area contributed by atoms with Crippen LogP contribution in [0.25, 0.3) is 10.8 Å². The molecule has 0 radical (unpaired) electrons. The Balaban J connectivity index is 1.50. The summed E-state index contributed by atoms with van der Waals surface area (Å²) >= 11 is 0. The van der Waals surface area contributed by atoms with E-state index in [1.54, 1.807) is 19.2 Å². The summed E-state index contributed by atoms with van der Waals surface area (Å²) in [7, 11) is -2.06. The number of hydrogen-bond donors (Lipinski definition) is 0. The Morgan fingerprint density at radius 1 is 0.933 bits per heavy atom. The lowest BCUT2D eigenvalue weighted by molar-refractivity contribution is -0.138. The van der Waals surface area contributed by atoms with Crippen molar-refractivity contribution >= 4 is 26.7 Å². The monoisotopic (exact) mass is 430 g/mol. The lowest BCUT2D eigenvalue weighted by Gasteiger charge is -2.36. The average Bonchev–Trinajstić information content (AvgIpc) is 2.78. The minimum Gasteiger partial charge on any atom is -0.496 e. The molecule has 2 aliphatic heterocycles. The number of amides is 1. The molecule has 0 bridgehead atoms. The van der Waals surface area contributed by atoms with Gasteiger partial charge in [0.2, 0.25) is 15.9 Å². The van der Waals surface area contributed by atoms with Gasteiger partial charge in [-0.3, -0.25) is 4.79 Å². The van der Waals surface area contributed by atoms with E-state index in [1.165, 1.54) is 4.31 Å². The van der Waals surface area contributed by atoms with Crippen molar-refractivity contribution in [3.63, 3.8) is 0 Å². The van der Waals surface area contributed by atoms with Crippen molar-refractivity contribution in [2.75, 3.05) is 33.3 Å². The van der Waals surface area contributed by atoms with E-state index < -0.39 is 10.0 Å². The van der Waals surface area contributed by atoms with Gasteiger partial charge in [0.1, 0.15) is 5.75 Å². The van der Waals surface area contributed by atoms with Gasteiger partial charge in [-0.15, -0.1) is 0 Å². The molecular formula is C23H30N2O4S. The molecule has 0 saturated carbocycles. The van der Waals surface area contributed by atoms with E-state index in [0.29, 0.717) is 47.9 Å². The lowest BCUT2D eigenvalue weighted by Crippen LogP contribution is -2.46. The average molecular weight is 431 g/mol. The Labute approximate surface area is 178 Å². The van der Waals surface area contributed by atoms with Crippen molar-refractivity contribution < 1.29 is 17.9 Å². The molecule has 0 unspecified atom stereocenters. The van der Waals surface area contributed by atoms with Crippen LogP contribution in [0.1, 0.15) is 32.6 Å². The number of benzene rings is 2. The molecule has 0 atom stereocenters. The number of hydrogen-bond acceptors (Lipinski definition) is 4. The van der Waals surface area contributed by atoms with Gasteiger partial charge in [0.05, 0.1) is 12.0 Å². The summed E-state index contributed by atoms with van der Waals surface area (Å²) in [5, 5.41) is 1.45. The van der Waals surface area contributed by atoms with Crippen LogP contribution in [0.2, 0.25) is 0 Å². The molecule has 0 aliphatic carbocycles. The van der Waals surface area contributed by atoms with Crippen LogP contribution in [0.4, 0.5) is 0 Å². The second-order valence-electron chi connectivity index (χ2n) is 8.50. The van der Waals surface area contributed by atoms with Gasteiger partial charge < -0.3 is 9.64 Å². The quantitative estimate of drug-likeness (QED) is 0.745. The Morgan fingerprint density at radius 3 is 2.20 bits per heavy atom. The molecule has 1 amide bonds. The molecule has 7 heteroatoms. The smallest absolute Gasteiger partial charge is 0.243 e. The van der Waals surface area contributed by atoms with Crippen LogP contribution >= 0.6 is 0 Å². The van der Waals surface area contributed by atoms with E-state index in [9.17, 15) is 13.2 Å². The molecule has 0 spiro atoms. The highest BCUT2D eigenvalue weighted by Crippen LogP contribution is 2.34. The summed E-state index contributed by atoms with van der Waals surface area (Å²) in [5.74, 6) is 1.47. The number of methoxy groups -OCH3 is 1. The molecule has 30 heavy (non-hydrogen) atoms. The second-order valence-corrected chi connectivity index (χ2v) is 10.4. The van der Waals surface area contributed by atoms with Crippen molar-refractivity contribution in [3.05, 3.63) is 36.4 Å². The third-order valence-electron chi connectivity index (χ3n) is 6.58. The number of carbonyl (C=O) groups excluding carboxylic acids is 1. The largest absolute Gasteiger partial charge is 0.496 e. The minimum absolute atomic E-state index is 0.0718. The fraction of sp³-hybridized carbons (Fsp3) is 0.522. The molecular weight excluding hydrogens is 400 g/mol. The summed E-state index contributed by atoms with van der Waals surface area (Å²) < 4.78 is 33.7. The number of likely N-dealkylation sites (tertiary alicyclic amines) is 1. The molecule has 2 fully saturated rings. The highest BCUT2D eigenvalue weighted by atomic mass is 32.2. The molecule has 0 aromatic heterocycles. The van der Waals surface area contributed by atoms with Gasteiger partial charge in [0.15, 0.2) is 0 Å². The number of rotatable bonds is 4. The zero-order chi connectivity index (χ0) is 21.3. The number of ether oxygens (including phenoxy) is 1. The highest BCUT2D eigenvalue weighted by molar-refractivity contribution is 7.89. The van der Waals surface area contributed by atoms with Gasteiger partial charge in [-0.05, 0) is 43.7 Å². The SMILES string of the molecule is COc1ccc(S(=O)(=O)N2CCC(C(=O)N3CCC(C)CC3)CC2)c2ccccc12. The van der Waals surface area contributed by atoms with Crippen molar-refractivity contribution in [2.45, 2.75) is 37.5 Å². The standard InChI is InChI=1S/C23H30N2O4S/c1-17-9-13-24(14-10-17)23(26)18-11-15-25(16-12-18)30(27,28)22-8-7-21(29-2)19-5-3-4-6-20(19)22/h3-8,17-18H,9-16H2,1-2H3. The van der Waals surface area contributed by atoms with E-state index in [0.717, 1.165) is 31.3 Å². The van der Waals surface area contributed by atoms with Gasteiger partial charge in [-0.25, -0.2) is 8.42 Å². The molecule has 2 aromatic rings. The first-order valence-corrected chi connectivity index (χ1v) is 12.2. The molecule has 4 rings (SSSR count). The lowest BCUT2D eigenvalue weighted by atomic mass is 9.93. The van der Waals surface area contributed by atoms with E-state index in [-0.39, 0.29) is 11.8 Å². The Hall–Kier alpha value is -2.12. The fourth-order valence-corrected chi connectivity index (χ4v) is 6.28. The molecule has 2 heterocycles. The number of fused-ring (bicyclic) bond motifs is 1. The second kappa shape index (κ2) is 8.55. The normalized spacial score (nSPS) is 19.9. The van der Waals surface area contributed by atoms with Gasteiger partial charge in [0, 0.05) is 42.9 Å². The van der Waals surface area contributed by atoms with Crippen molar-refractivity contribution in [1.82, 2.24) is 9.21 Å². The summed E-state index contributed by atoms with van der Waals surface area (Å²) in [4.78, 5) is 15.2. The van der Waals surface area contributed by atoms with Crippen LogP contribution < -0.4 is 4.74 Å². The maximum atomic E-state index is 13.4. The van der Waals surface area contributed by atoms with Crippen LogP contribution in [0.15, 0.2) is 41.3 Å². The Kier molecular flexibility index (Phi) is 6.02. The number of carbonyl (C=O) groups is 1. The summed E-state index contributed by atoms with van der Waals surface area (Å²) in [6.45, 7) is 4.65. The maximum Gasteiger partial charge on any atom is 0.243 e. The third kappa shape index (κ3) is 3.93. The highest BCUT2D eigenvalue weighted by Gasteiger charge is 2.35. The zero-order valence-corrected chi connectivity index (χ0v) is 18.5. The summed E-state index contributed by atoms with van der Waals surface area (Å²) in [6, 6.07) is 10.7. The first-order valence-electron chi connectivity index (χ1n) is 10.8. The number of sulfonamides is 1. The first kappa shape index (κ1) is 21.1. The Bertz CT molecular complexity index is 1020. The molecule has 2 aliphatic rings. The summed E-state index contributed by atoms with van der Waals surface area (Å²) in [5.41, 5.74) is 0. The summed E-state index contributed by atoms with van der Waals surface area (Å²) in [6.07, 6.45) is 3.28. The molecule has 2 saturated heterocycles. The molecule has 0 N–H and O–H groups in total. The van der Waals surface area contributed by atoms with Crippen molar-refractivity contribution in [1.29, 1.82) is 0 Å².